The normalized spacial score (nSPS) is 11.0. The van der Waals surface area contributed by atoms with Crippen molar-refractivity contribution in [3.05, 3.63) is 53.6 Å². The van der Waals surface area contributed by atoms with E-state index in [9.17, 15) is 9.59 Å². The number of hydrogen-bond acceptors (Lipinski definition) is 3. The van der Waals surface area contributed by atoms with Gasteiger partial charge in [0.25, 0.3) is 0 Å². The first kappa shape index (κ1) is 19.5. The molecule has 0 heterocycles. The third-order valence-electron chi connectivity index (χ3n) is 4.26. The molecule has 5 heteroatoms. The van der Waals surface area contributed by atoms with Crippen LogP contribution in [0.2, 0.25) is 0 Å². The lowest BCUT2D eigenvalue weighted by molar-refractivity contribution is -0.135. The van der Waals surface area contributed by atoms with Crippen molar-refractivity contribution in [2.45, 2.75) is 27.7 Å². The number of benzene rings is 2. The van der Waals surface area contributed by atoms with Gasteiger partial charge in [-0.05, 0) is 75.2 Å². The minimum Gasteiger partial charge on any atom is -0.378 e. The molecular weight excluding hydrogens is 326 g/mol. The van der Waals surface area contributed by atoms with Crippen LogP contribution in [0.4, 0.5) is 17.1 Å². The van der Waals surface area contributed by atoms with Crippen LogP contribution in [0.1, 0.15) is 25.0 Å². The second-order valence-corrected chi connectivity index (χ2v) is 7.35. The predicted octanol–water partition coefficient (Wildman–Crippen LogP) is 3.97. The van der Waals surface area contributed by atoms with Crippen molar-refractivity contribution in [1.82, 2.24) is 0 Å². The smallest absolute Gasteiger partial charge is 0.239 e. The highest BCUT2D eigenvalue weighted by Gasteiger charge is 2.36. The van der Waals surface area contributed by atoms with Gasteiger partial charge in [0.05, 0.1) is 0 Å². The van der Waals surface area contributed by atoms with Crippen LogP contribution in [-0.2, 0) is 9.59 Å². The number of carbonyl (C=O) groups excluding carboxylic acids is 2. The molecule has 0 fully saturated rings. The molecule has 26 heavy (non-hydrogen) atoms. The number of nitrogens with zero attached hydrogens (tertiary/aromatic N) is 1. The third-order valence-corrected chi connectivity index (χ3v) is 4.26. The Labute approximate surface area is 155 Å². The van der Waals surface area contributed by atoms with Gasteiger partial charge in [-0.2, -0.15) is 0 Å². The molecule has 0 aliphatic heterocycles. The minimum atomic E-state index is -1.21. The number of aryl methyl sites for hydroxylation is 2. The van der Waals surface area contributed by atoms with E-state index in [1.54, 1.807) is 13.8 Å². The van der Waals surface area contributed by atoms with E-state index in [2.05, 4.69) is 10.6 Å². The topological polar surface area (TPSA) is 61.4 Å². The van der Waals surface area contributed by atoms with Crippen LogP contribution in [0.5, 0.6) is 0 Å². The van der Waals surface area contributed by atoms with E-state index < -0.39 is 5.41 Å². The summed E-state index contributed by atoms with van der Waals surface area (Å²) in [4.78, 5) is 27.3. The summed E-state index contributed by atoms with van der Waals surface area (Å²) < 4.78 is 0. The zero-order valence-electron chi connectivity index (χ0n) is 16.3. The molecule has 0 aliphatic rings. The average Bonchev–Trinajstić information content (AvgIpc) is 2.54. The largest absolute Gasteiger partial charge is 0.378 e. The molecule has 0 bridgehead atoms. The summed E-state index contributed by atoms with van der Waals surface area (Å²) in [6, 6.07) is 13.3. The van der Waals surface area contributed by atoms with Crippen LogP contribution < -0.4 is 15.5 Å². The van der Waals surface area contributed by atoms with E-state index in [0.29, 0.717) is 11.4 Å². The maximum Gasteiger partial charge on any atom is 0.239 e. The first-order valence-corrected chi connectivity index (χ1v) is 8.58. The van der Waals surface area contributed by atoms with E-state index in [1.165, 1.54) is 0 Å². The van der Waals surface area contributed by atoms with Gasteiger partial charge in [-0.15, -0.1) is 0 Å². The monoisotopic (exact) mass is 353 g/mol. The van der Waals surface area contributed by atoms with Crippen molar-refractivity contribution in [3.63, 3.8) is 0 Å². The summed E-state index contributed by atoms with van der Waals surface area (Å²) in [5.74, 6) is -0.693. The Morgan fingerprint density at radius 1 is 0.808 bits per heavy atom. The molecule has 5 nitrogen and oxygen atoms in total. The van der Waals surface area contributed by atoms with E-state index in [0.717, 1.165) is 16.8 Å². The number of rotatable bonds is 5. The fourth-order valence-corrected chi connectivity index (χ4v) is 2.57. The summed E-state index contributed by atoms with van der Waals surface area (Å²) in [5.41, 5.74) is 3.30. The fraction of sp³-hybridized carbons (Fsp3) is 0.333. The number of hydrogen-bond donors (Lipinski definition) is 2. The van der Waals surface area contributed by atoms with Gasteiger partial charge in [-0.1, -0.05) is 6.07 Å². The van der Waals surface area contributed by atoms with Crippen LogP contribution in [0.3, 0.4) is 0 Å². The van der Waals surface area contributed by atoms with Crippen molar-refractivity contribution in [1.29, 1.82) is 0 Å². The SMILES string of the molecule is Cc1cc(C)cc(NC(=O)C(C)(C)C(=O)Nc2ccc(N(C)C)cc2)c1. The molecule has 0 radical (unpaired) electrons. The molecule has 0 unspecified atom stereocenters. The van der Waals surface area contributed by atoms with Crippen molar-refractivity contribution < 1.29 is 9.59 Å². The number of carbonyl (C=O) groups is 2. The van der Waals surface area contributed by atoms with Crippen molar-refractivity contribution in [3.8, 4) is 0 Å². The first-order chi connectivity index (χ1) is 12.1. The van der Waals surface area contributed by atoms with Crippen molar-refractivity contribution >= 4 is 28.9 Å². The standard InChI is InChI=1S/C21H27N3O2/c1-14-11-15(2)13-17(12-14)23-20(26)21(3,4)19(25)22-16-7-9-18(10-8-16)24(5)6/h7-13H,1-6H3,(H,22,25)(H,23,26). The van der Waals surface area contributed by atoms with E-state index in [4.69, 9.17) is 0 Å². The predicted molar refractivity (Wildman–Crippen MR) is 108 cm³/mol. The summed E-state index contributed by atoms with van der Waals surface area (Å²) in [6.07, 6.45) is 0. The molecule has 138 valence electrons. The summed E-state index contributed by atoms with van der Waals surface area (Å²) in [5, 5.41) is 5.67. The van der Waals surface area contributed by atoms with Crippen LogP contribution in [0.25, 0.3) is 0 Å². The van der Waals surface area contributed by atoms with Gasteiger partial charge in [0, 0.05) is 31.2 Å². The lowest BCUT2D eigenvalue weighted by Crippen LogP contribution is -2.41. The Kier molecular flexibility index (Phi) is 5.70. The molecule has 0 aliphatic carbocycles. The summed E-state index contributed by atoms with van der Waals surface area (Å²) in [7, 11) is 3.90. The Morgan fingerprint density at radius 2 is 1.27 bits per heavy atom. The summed E-state index contributed by atoms with van der Waals surface area (Å²) >= 11 is 0. The molecule has 0 saturated heterocycles. The summed E-state index contributed by atoms with van der Waals surface area (Å²) in [6.45, 7) is 7.18. The zero-order chi connectivity index (χ0) is 19.5. The number of amides is 2. The zero-order valence-corrected chi connectivity index (χ0v) is 16.3. The molecule has 0 saturated carbocycles. The quantitative estimate of drug-likeness (QED) is 0.800. The van der Waals surface area contributed by atoms with Crippen LogP contribution >= 0.6 is 0 Å². The van der Waals surface area contributed by atoms with E-state index >= 15 is 0 Å². The second-order valence-electron chi connectivity index (χ2n) is 7.35. The molecule has 2 N–H and O–H groups in total. The van der Waals surface area contributed by atoms with Crippen LogP contribution in [0, 0.1) is 19.3 Å². The van der Waals surface area contributed by atoms with Crippen LogP contribution in [0.15, 0.2) is 42.5 Å². The van der Waals surface area contributed by atoms with Gasteiger partial charge in [-0.3, -0.25) is 9.59 Å². The molecule has 2 aromatic rings. The van der Waals surface area contributed by atoms with Gasteiger partial charge in [0.2, 0.25) is 11.8 Å². The average molecular weight is 353 g/mol. The van der Waals surface area contributed by atoms with Gasteiger partial charge < -0.3 is 15.5 Å². The first-order valence-electron chi connectivity index (χ1n) is 8.58. The highest BCUT2D eigenvalue weighted by molar-refractivity contribution is 6.14. The van der Waals surface area contributed by atoms with E-state index in [1.807, 2.05) is 75.3 Å². The molecule has 2 aromatic carbocycles. The van der Waals surface area contributed by atoms with Crippen molar-refractivity contribution in [2.24, 2.45) is 5.41 Å². The highest BCUT2D eigenvalue weighted by atomic mass is 16.2. The number of nitrogens with one attached hydrogen (secondary N) is 2. The molecule has 2 amide bonds. The molecule has 0 spiro atoms. The second kappa shape index (κ2) is 7.60. The Balaban J connectivity index is 2.09. The van der Waals surface area contributed by atoms with Crippen LogP contribution in [-0.4, -0.2) is 25.9 Å². The minimum absolute atomic E-state index is 0.343. The Hall–Kier alpha value is -2.82. The van der Waals surface area contributed by atoms with Gasteiger partial charge >= 0.3 is 0 Å². The Morgan fingerprint density at radius 3 is 1.73 bits per heavy atom. The number of anilines is 3. The van der Waals surface area contributed by atoms with Gasteiger partial charge in [-0.25, -0.2) is 0 Å². The van der Waals surface area contributed by atoms with Gasteiger partial charge in [0.15, 0.2) is 0 Å². The van der Waals surface area contributed by atoms with Gasteiger partial charge in [0.1, 0.15) is 5.41 Å². The molecule has 0 atom stereocenters. The van der Waals surface area contributed by atoms with E-state index in [-0.39, 0.29) is 11.8 Å². The molecule has 0 aromatic heterocycles. The Bertz CT molecular complexity index is 788. The van der Waals surface area contributed by atoms with Crippen molar-refractivity contribution in [2.75, 3.05) is 29.6 Å². The maximum atomic E-state index is 12.7. The third kappa shape index (κ3) is 4.63. The highest BCUT2D eigenvalue weighted by Crippen LogP contribution is 2.23. The molecule has 2 rings (SSSR count). The lowest BCUT2D eigenvalue weighted by atomic mass is 9.90. The lowest BCUT2D eigenvalue weighted by Gasteiger charge is -2.23. The maximum absolute atomic E-state index is 12.7. The molecular formula is C21H27N3O2. The fourth-order valence-electron chi connectivity index (χ4n) is 2.57.